The predicted octanol–water partition coefficient (Wildman–Crippen LogP) is 0.580. The van der Waals surface area contributed by atoms with Gasteiger partial charge in [-0.15, -0.1) is 0 Å². The molecule has 0 aromatic carbocycles. The minimum atomic E-state index is 0.0853. The van der Waals surface area contributed by atoms with Gasteiger partial charge in [-0.2, -0.15) is 0 Å². The lowest BCUT2D eigenvalue weighted by Crippen LogP contribution is -2.56. The Morgan fingerprint density at radius 3 is 2.76 bits per heavy atom. The summed E-state index contributed by atoms with van der Waals surface area (Å²) in [7, 11) is 4.08. The van der Waals surface area contributed by atoms with E-state index in [1.54, 1.807) is 0 Å². The quantitative estimate of drug-likeness (QED) is 0.661. The van der Waals surface area contributed by atoms with Crippen LogP contribution in [-0.2, 0) is 4.79 Å². The Bertz CT molecular complexity index is 223. The van der Waals surface area contributed by atoms with Gasteiger partial charge in [-0.25, -0.2) is 0 Å². The Kier molecular flexibility index (Phi) is 6.70. The molecule has 100 valence electrons. The van der Waals surface area contributed by atoms with Gasteiger partial charge in [0.2, 0.25) is 0 Å². The number of carbonyl (C=O) groups is 1. The summed E-state index contributed by atoms with van der Waals surface area (Å²) in [5.41, 5.74) is 0. The highest BCUT2D eigenvalue weighted by atomic mass is 16.1. The van der Waals surface area contributed by atoms with Crippen LogP contribution in [0.2, 0.25) is 0 Å². The second kappa shape index (κ2) is 7.80. The van der Waals surface area contributed by atoms with Gasteiger partial charge in [0.05, 0.1) is 6.04 Å². The van der Waals surface area contributed by atoms with E-state index in [9.17, 15) is 4.79 Å². The zero-order valence-electron chi connectivity index (χ0n) is 11.5. The van der Waals surface area contributed by atoms with Crippen LogP contribution < -0.4 is 5.32 Å². The molecule has 1 rings (SSSR count). The highest BCUT2D eigenvalue weighted by Gasteiger charge is 2.29. The molecule has 2 atom stereocenters. The van der Waals surface area contributed by atoms with Crippen molar-refractivity contribution in [2.75, 3.05) is 40.3 Å². The lowest BCUT2D eigenvalue weighted by Gasteiger charge is -2.42. The number of likely N-dealkylation sites (N-methyl/N-ethyl adjacent to an activating group) is 1. The van der Waals surface area contributed by atoms with Crippen molar-refractivity contribution in [1.29, 1.82) is 0 Å². The first-order valence-corrected chi connectivity index (χ1v) is 6.77. The third-order valence-electron chi connectivity index (χ3n) is 3.64. The van der Waals surface area contributed by atoms with Gasteiger partial charge in [0.25, 0.3) is 0 Å². The monoisotopic (exact) mass is 241 g/mol. The Labute approximate surface area is 105 Å². The van der Waals surface area contributed by atoms with Crippen molar-refractivity contribution in [3.05, 3.63) is 0 Å². The molecule has 4 heteroatoms. The second-order valence-electron chi connectivity index (χ2n) is 5.04. The van der Waals surface area contributed by atoms with Gasteiger partial charge in [0.1, 0.15) is 6.29 Å². The molecule has 2 unspecified atom stereocenters. The topological polar surface area (TPSA) is 35.6 Å². The highest BCUT2D eigenvalue weighted by molar-refractivity contribution is 5.58. The standard InChI is InChI=1S/C13H27N3O/c1-4-5-12(6-7-14-2)16-9-8-15(3)10-13(16)11-17/h11-14H,4-10H2,1-3H3. The van der Waals surface area contributed by atoms with Crippen LogP contribution in [0.3, 0.4) is 0 Å². The molecule has 1 heterocycles. The number of hydrogen-bond acceptors (Lipinski definition) is 4. The molecule has 0 aromatic heterocycles. The van der Waals surface area contributed by atoms with Crippen LogP contribution in [0, 0.1) is 0 Å². The molecule has 0 bridgehead atoms. The zero-order valence-corrected chi connectivity index (χ0v) is 11.5. The summed E-state index contributed by atoms with van der Waals surface area (Å²) in [5, 5.41) is 3.21. The molecule has 0 aliphatic carbocycles. The third-order valence-corrected chi connectivity index (χ3v) is 3.64. The lowest BCUT2D eigenvalue weighted by atomic mass is 10.0. The molecular formula is C13H27N3O. The van der Waals surface area contributed by atoms with Crippen LogP contribution in [0.5, 0.6) is 0 Å². The van der Waals surface area contributed by atoms with Crippen LogP contribution in [0.15, 0.2) is 0 Å². The summed E-state index contributed by atoms with van der Waals surface area (Å²) in [5.74, 6) is 0. The summed E-state index contributed by atoms with van der Waals surface area (Å²) < 4.78 is 0. The van der Waals surface area contributed by atoms with Crippen molar-refractivity contribution < 1.29 is 4.79 Å². The van der Waals surface area contributed by atoms with E-state index in [0.29, 0.717) is 6.04 Å². The fraction of sp³-hybridized carbons (Fsp3) is 0.923. The first-order valence-electron chi connectivity index (χ1n) is 6.77. The molecule has 4 nitrogen and oxygen atoms in total. The number of hydrogen-bond donors (Lipinski definition) is 1. The highest BCUT2D eigenvalue weighted by Crippen LogP contribution is 2.17. The molecule has 0 amide bonds. The van der Waals surface area contributed by atoms with Gasteiger partial charge < -0.3 is 15.0 Å². The first kappa shape index (κ1) is 14.6. The first-order chi connectivity index (χ1) is 8.22. The Morgan fingerprint density at radius 2 is 2.18 bits per heavy atom. The second-order valence-corrected chi connectivity index (χ2v) is 5.04. The number of aldehydes is 1. The van der Waals surface area contributed by atoms with Crippen LogP contribution in [-0.4, -0.2) is 68.4 Å². The van der Waals surface area contributed by atoms with Gasteiger partial charge in [-0.1, -0.05) is 13.3 Å². The van der Waals surface area contributed by atoms with E-state index < -0.39 is 0 Å². The fourth-order valence-corrected chi connectivity index (χ4v) is 2.66. The van der Waals surface area contributed by atoms with E-state index in [-0.39, 0.29) is 6.04 Å². The Hall–Kier alpha value is -0.450. The smallest absolute Gasteiger partial charge is 0.138 e. The van der Waals surface area contributed by atoms with E-state index in [1.807, 2.05) is 7.05 Å². The average molecular weight is 241 g/mol. The zero-order chi connectivity index (χ0) is 12.7. The number of carbonyl (C=O) groups excluding carboxylic acids is 1. The van der Waals surface area contributed by atoms with Crippen LogP contribution in [0.25, 0.3) is 0 Å². The van der Waals surface area contributed by atoms with Gasteiger partial charge in [0.15, 0.2) is 0 Å². The normalized spacial score (nSPS) is 24.8. The molecular weight excluding hydrogens is 214 g/mol. The SMILES string of the molecule is CCCC(CCNC)N1CCN(C)CC1C=O. The fourth-order valence-electron chi connectivity index (χ4n) is 2.66. The number of piperazine rings is 1. The lowest BCUT2D eigenvalue weighted by molar-refractivity contribution is -0.115. The number of nitrogens with one attached hydrogen (secondary N) is 1. The maximum atomic E-state index is 11.2. The van der Waals surface area contributed by atoms with Gasteiger partial charge in [-0.3, -0.25) is 4.90 Å². The van der Waals surface area contributed by atoms with Crippen LogP contribution in [0.1, 0.15) is 26.2 Å². The molecule has 17 heavy (non-hydrogen) atoms. The molecule has 0 spiro atoms. The molecule has 0 saturated carbocycles. The van der Waals surface area contributed by atoms with Crippen molar-refractivity contribution >= 4 is 6.29 Å². The van der Waals surface area contributed by atoms with Crippen molar-refractivity contribution in [1.82, 2.24) is 15.1 Å². The van der Waals surface area contributed by atoms with Crippen LogP contribution in [0.4, 0.5) is 0 Å². The van der Waals surface area contributed by atoms with E-state index in [2.05, 4.69) is 29.1 Å². The summed E-state index contributed by atoms with van der Waals surface area (Å²) in [6.45, 7) is 6.22. The van der Waals surface area contributed by atoms with E-state index in [1.165, 1.54) is 12.8 Å². The molecule has 1 saturated heterocycles. The molecule has 0 radical (unpaired) electrons. The Balaban J connectivity index is 2.59. The summed E-state index contributed by atoms with van der Waals surface area (Å²) in [6.07, 6.45) is 4.64. The van der Waals surface area contributed by atoms with Gasteiger partial charge in [0, 0.05) is 25.7 Å². The van der Waals surface area contributed by atoms with Crippen molar-refractivity contribution in [3.63, 3.8) is 0 Å². The maximum absolute atomic E-state index is 11.2. The summed E-state index contributed by atoms with van der Waals surface area (Å²) in [4.78, 5) is 15.9. The minimum absolute atomic E-state index is 0.0853. The largest absolute Gasteiger partial charge is 0.320 e. The maximum Gasteiger partial charge on any atom is 0.138 e. The predicted molar refractivity (Wildman–Crippen MR) is 71.3 cm³/mol. The van der Waals surface area contributed by atoms with E-state index in [4.69, 9.17) is 0 Å². The van der Waals surface area contributed by atoms with Crippen molar-refractivity contribution in [3.8, 4) is 0 Å². The van der Waals surface area contributed by atoms with E-state index in [0.717, 1.165) is 38.9 Å². The molecule has 1 fully saturated rings. The molecule has 1 aliphatic rings. The Morgan fingerprint density at radius 1 is 1.41 bits per heavy atom. The van der Waals surface area contributed by atoms with Gasteiger partial charge >= 0.3 is 0 Å². The molecule has 0 aromatic rings. The molecule has 1 N–H and O–H groups in total. The van der Waals surface area contributed by atoms with Crippen molar-refractivity contribution in [2.24, 2.45) is 0 Å². The van der Waals surface area contributed by atoms with Crippen molar-refractivity contribution in [2.45, 2.75) is 38.3 Å². The summed E-state index contributed by atoms with van der Waals surface area (Å²) in [6, 6.07) is 0.638. The third kappa shape index (κ3) is 4.37. The summed E-state index contributed by atoms with van der Waals surface area (Å²) >= 11 is 0. The minimum Gasteiger partial charge on any atom is -0.320 e. The average Bonchev–Trinajstić information content (AvgIpc) is 2.34. The van der Waals surface area contributed by atoms with Crippen LogP contribution >= 0.6 is 0 Å². The van der Waals surface area contributed by atoms with E-state index >= 15 is 0 Å². The number of rotatable bonds is 7. The number of nitrogens with zero attached hydrogens (tertiary/aromatic N) is 2. The molecule has 1 aliphatic heterocycles. The van der Waals surface area contributed by atoms with Gasteiger partial charge in [-0.05, 0) is 33.5 Å².